The van der Waals surface area contributed by atoms with E-state index in [0.29, 0.717) is 16.3 Å². The molecule has 0 saturated carbocycles. The molecule has 0 spiro atoms. The zero-order valence-corrected chi connectivity index (χ0v) is 14.0. The Hall–Kier alpha value is -2.69. The lowest BCUT2D eigenvalue weighted by atomic mass is 9.90. The van der Waals surface area contributed by atoms with Crippen molar-refractivity contribution in [1.29, 1.82) is 0 Å². The minimum Gasteiger partial charge on any atom is -0.375 e. The lowest BCUT2D eigenvalue weighted by Crippen LogP contribution is -2.36. The lowest BCUT2D eigenvalue weighted by molar-refractivity contribution is -0.138. The number of amides is 1. The first-order valence-electron chi connectivity index (χ1n) is 7.75. The predicted molar refractivity (Wildman–Crippen MR) is 98.2 cm³/mol. The first kappa shape index (κ1) is 17.1. The molecule has 2 aromatic carbocycles. The average molecular weight is 354 g/mol. The van der Waals surface area contributed by atoms with Gasteiger partial charge in [0.25, 0.3) is 5.91 Å². The van der Waals surface area contributed by atoms with Gasteiger partial charge in [-0.1, -0.05) is 60.2 Å². The van der Waals surface area contributed by atoms with Crippen molar-refractivity contribution in [2.24, 2.45) is 0 Å². The van der Waals surface area contributed by atoms with Crippen LogP contribution in [0.15, 0.2) is 66.8 Å². The van der Waals surface area contributed by atoms with Crippen LogP contribution < -0.4 is 5.32 Å². The summed E-state index contributed by atoms with van der Waals surface area (Å²) >= 11 is 5.94. The van der Waals surface area contributed by atoms with Crippen molar-refractivity contribution in [1.82, 2.24) is 0 Å². The second kappa shape index (κ2) is 7.05. The fourth-order valence-corrected chi connectivity index (χ4v) is 2.87. The van der Waals surface area contributed by atoms with Crippen LogP contribution in [-0.4, -0.2) is 16.8 Å². The van der Waals surface area contributed by atoms with Gasteiger partial charge < -0.3 is 10.4 Å². The second-order valence-electron chi connectivity index (χ2n) is 5.78. The largest absolute Gasteiger partial charge is 0.375 e. The van der Waals surface area contributed by atoms with Crippen LogP contribution >= 0.6 is 11.6 Å². The molecule has 3 rings (SSSR count). The predicted octanol–water partition coefficient (Wildman–Crippen LogP) is 3.71. The third-order valence-corrected chi connectivity index (χ3v) is 4.20. The molecule has 4 nitrogen and oxygen atoms in total. The Morgan fingerprint density at radius 1 is 1.16 bits per heavy atom. The topological polar surface area (TPSA) is 66.4 Å². The van der Waals surface area contributed by atoms with Gasteiger partial charge in [-0.3, -0.25) is 9.59 Å². The highest BCUT2D eigenvalue weighted by molar-refractivity contribution is 6.31. The van der Waals surface area contributed by atoms with Crippen molar-refractivity contribution in [3.05, 3.63) is 82.9 Å². The van der Waals surface area contributed by atoms with Gasteiger partial charge in [-0.2, -0.15) is 0 Å². The van der Waals surface area contributed by atoms with Crippen molar-refractivity contribution < 1.29 is 14.7 Å². The molecule has 0 aliphatic carbocycles. The maximum Gasteiger partial charge on any atom is 0.261 e. The molecular weight excluding hydrogens is 338 g/mol. The molecule has 0 radical (unpaired) electrons. The van der Waals surface area contributed by atoms with Crippen LogP contribution in [0.2, 0.25) is 5.02 Å². The SMILES string of the molecule is O=C(/C=C/C=C\c1ccccc1)C[C@@]1(O)C(=O)Nc2ccc(Cl)cc21. The molecule has 0 saturated heterocycles. The van der Waals surface area contributed by atoms with E-state index in [2.05, 4.69) is 5.32 Å². The zero-order chi connectivity index (χ0) is 17.9. The quantitative estimate of drug-likeness (QED) is 0.636. The lowest BCUT2D eigenvalue weighted by Gasteiger charge is -2.19. The maximum atomic E-state index is 12.2. The number of rotatable bonds is 5. The van der Waals surface area contributed by atoms with Crippen LogP contribution in [0.4, 0.5) is 5.69 Å². The summed E-state index contributed by atoms with van der Waals surface area (Å²) in [5.41, 5.74) is -0.0914. The van der Waals surface area contributed by atoms with Crippen LogP contribution in [0.5, 0.6) is 0 Å². The highest BCUT2D eigenvalue weighted by atomic mass is 35.5. The molecule has 5 heteroatoms. The van der Waals surface area contributed by atoms with E-state index >= 15 is 0 Å². The van der Waals surface area contributed by atoms with Gasteiger partial charge in [0.1, 0.15) is 0 Å². The summed E-state index contributed by atoms with van der Waals surface area (Å²) in [5, 5.41) is 13.7. The molecule has 0 aromatic heterocycles. The Balaban J connectivity index is 1.71. The zero-order valence-electron chi connectivity index (χ0n) is 13.3. The number of benzene rings is 2. The Kier molecular flexibility index (Phi) is 4.83. The van der Waals surface area contributed by atoms with Crippen molar-refractivity contribution in [2.75, 3.05) is 5.32 Å². The summed E-state index contributed by atoms with van der Waals surface area (Å²) in [5.74, 6) is -0.977. The monoisotopic (exact) mass is 353 g/mol. The number of ketones is 1. The summed E-state index contributed by atoms with van der Waals surface area (Å²) < 4.78 is 0. The highest BCUT2D eigenvalue weighted by Gasteiger charge is 2.46. The number of allylic oxidation sites excluding steroid dienone is 3. The van der Waals surface area contributed by atoms with Crippen LogP contribution in [0.1, 0.15) is 17.5 Å². The van der Waals surface area contributed by atoms with Crippen LogP contribution in [0, 0.1) is 0 Å². The fourth-order valence-electron chi connectivity index (χ4n) is 2.70. The number of aliphatic hydroxyl groups is 1. The number of anilines is 1. The molecule has 2 aromatic rings. The maximum absolute atomic E-state index is 12.2. The standard InChI is InChI=1S/C20H16ClNO3/c21-15-10-11-18-17(12-15)20(25,19(24)22-18)13-16(23)9-5-4-8-14-6-2-1-3-7-14/h1-12,25H,13H2,(H,22,24)/b8-4-,9-5+/t20-/m0/s1. The van der Waals surface area contributed by atoms with E-state index in [1.165, 1.54) is 12.1 Å². The van der Waals surface area contributed by atoms with Gasteiger partial charge in [0.15, 0.2) is 11.4 Å². The van der Waals surface area contributed by atoms with E-state index in [9.17, 15) is 14.7 Å². The number of nitrogens with one attached hydrogen (secondary N) is 1. The molecule has 1 heterocycles. The van der Waals surface area contributed by atoms with Gasteiger partial charge in [0.2, 0.25) is 0 Å². The van der Waals surface area contributed by atoms with E-state index < -0.39 is 11.5 Å². The molecule has 25 heavy (non-hydrogen) atoms. The van der Waals surface area contributed by atoms with Crippen LogP contribution in [0.25, 0.3) is 6.08 Å². The number of hydrogen-bond donors (Lipinski definition) is 2. The molecule has 2 N–H and O–H groups in total. The third-order valence-electron chi connectivity index (χ3n) is 3.96. The molecule has 1 aliphatic rings. The first-order valence-corrected chi connectivity index (χ1v) is 8.13. The van der Waals surface area contributed by atoms with E-state index in [-0.39, 0.29) is 12.2 Å². The van der Waals surface area contributed by atoms with Gasteiger partial charge in [-0.25, -0.2) is 0 Å². The summed E-state index contributed by atoms with van der Waals surface area (Å²) in [6, 6.07) is 14.4. The van der Waals surface area contributed by atoms with E-state index in [1.807, 2.05) is 36.4 Å². The fraction of sp³-hybridized carbons (Fsp3) is 0.100. The Labute approximate surface area is 150 Å². The molecule has 0 unspecified atom stereocenters. The number of fused-ring (bicyclic) bond motifs is 1. The normalized spacial score (nSPS) is 19.4. The molecule has 1 amide bonds. The van der Waals surface area contributed by atoms with Gasteiger partial charge in [0, 0.05) is 16.3 Å². The molecule has 1 aliphatic heterocycles. The second-order valence-corrected chi connectivity index (χ2v) is 6.21. The number of hydrogen-bond acceptors (Lipinski definition) is 3. The minimum atomic E-state index is -1.90. The highest BCUT2D eigenvalue weighted by Crippen LogP contribution is 2.39. The summed E-state index contributed by atoms with van der Waals surface area (Å²) in [4.78, 5) is 24.3. The molecule has 0 fully saturated rings. The van der Waals surface area contributed by atoms with Crippen molar-refractivity contribution >= 4 is 35.1 Å². The molecule has 126 valence electrons. The van der Waals surface area contributed by atoms with Crippen molar-refractivity contribution in [2.45, 2.75) is 12.0 Å². The Morgan fingerprint density at radius 2 is 1.92 bits per heavy atom. The van der Waals surface area contributed by atoms with E-state index in [4.69, 9.17) is 11.6 Å². The van der Waals surface area contributed by atoms with E-state index in [1.54, 1.807) is 24.3 Å². The third kappa shape index (κ3) is 3.71. The summed E-state index contributed by atoms with van der Waals surface area (Å²) in [6.07, 6.45) is 6.17. The summed E-state index contributed by atoms with van der Waals surface area (Å²) in [7, 11) is 0. The minimum absolute atomic E-state index is 0.326. The van der Waals surface area contributed by atoms with Gasteiger partial charge in [-0.05, 0) is 29.8 Å². The summed E-state index contributed by atoms with van der Waals surface area (Å²) in [6.45, 7) is 0. The smallest absolute Gasteiger partial charge is 0.261 e. The van der Waals surface area contributed by atoms with Crippen LogP contribution in [0.3, 0.4) is 0 Å². The number of carbonyl (C=O) groups is 2. The number of halogens is 1. The number of carbonyl (C=O) groups excluding carboxylic acids is 2. The van der Waals surface area contributed by atoms with Gasteiger partial charge in [-0.15, -0.1) is 0 Å². The van der Waals surface area contributed by atoms with Crippen molar-refractivity contribution in [3.8, 4) is 0 Å². The van der Waals surface area contributed by atoms with Gasteiger partial charge in [0.05, 0.1) is 6.42 Å². The van der Waals surface area contributed by atoms with Crippen molar-refractivity contribution in [3.63, 3.8) is 0 Å². The average Bonchev–Trinajstić information content (AvgIpc) is 2.83. The first-order chi connectivity index (χ1) is 12.0. The Morgan fingerprint density at radius 3 is 2.68 bits per heavy atom. The molecular formula is C20H16ClNO3. The molecule has 1 atom stereocenters. The van der Waals surface area contributed by atoms with E-state index in [0.717, 1.165) is 5.56 Å². The Bertz CT molecular complexity index is 874. The van der Waals surface area contributed by atoms with Crippen LogP contribution in [-0.2, 0) is 15.2 Å². The molecule has 0 bridgehead atoms. The van der Waals surface area contributed by atoms with Gasteiger partial charge >= 0.3 is 0 Å².